The fourth-order valence-electron chi connectivity index (χ4n) is 2.03. The monoisotopic (exact) mass is 361 g/mol. The zero-order valence-corrected chi connectivity index (χ0v) is 14.4. The highest BCUT2D eigenvalue weighted by Gasteiger charge is 2.11. The van der Waals surface area contributed by atoms with E-state index in [0.717, 1.165) is 29.5 Å². The van der Waals surface area contributed by atoms with Gasteiger partial charge in [0.2, 0.25) is 0 Å². The van der Waals surface area contributed by atoms with Gasteiger partial charge in [0.05, 0.1) is 5.56 Å². The molecule has 0 radical (unpaired) electrons. The minimum absolute atomic E-state index is 0.00922. The van der Waals surface area contributed by atoms with E-state index in [1.165, 1.54) is 0 Å². The fourth-order valence-corrected chi connectivity index (χ4v) is 2.42. The van der Waals surface area contributed by atoms with E-state index in [0.29, 0.717) is 11.4 Å². The first-order chi connectivity index (χ1) is 10.6. The second-order valence-electron chi connectivity index (χ2n) is 5.15. The highest BCUT2D eigenvalue weighted by molar-refractivity contribution is 9.10. The van der Waals surface area contributed by atoms with Gasteiger partial charge in [-0.15, -0.1) is 0 Å². The smallest absolute Gasteiger partial charge is 0.255 e. The van der Waals surface area contributed by atoms with Crippen molar-refractivity contribution in [2.75, 3.05) is 18.9 Å². The Morgan fingerprint density at radius 3 is 2.77 bits per heavy atom. The lowest BCUT2D eigenvalue weighted by molar-refractivity contribution is 0.0793. The van der Waals surface area contributed by atoms with E-state index in [9.17, 15) is 4.79 Å². The SMILES string of the molecule is CCCCN(C)C(=O)c1ccc(Nc2cccc(Br)c2)nc1. The van der Waals surface area contributed by atoms with E-state index in [-0.39, 0.29) is 5.91 Å². The molecule has 0 saturated carbocycles. The molecular formula is C17H20BrN3O. The Kier molecular flexibility index (Phi) is 5.95. The third-order valence-corrected chi connectivity index (χ3v) is 3.79. The van der Waals surface area contributed by atoms with Gasteiger partial charge in [-0.3, -0.25) is 4.79 Å². The number of rotatable bonds is 6. The average molecular weight is 362 g/mol. The van der Waals surface area contributed by atoms with Crippen LogP contribution >= 0.6 is 15.9 Å². The van der Waals surface area contributed by atoms with E-state index in [1.807, 2.05) is 37.4 Å². The Morgan fingerprint density at radius 2 is 2.14 bits per heavy atom. The standard InChI is InChI=1S/C17H20BrN3O/c1-3-4-10-21(2)17(22)13-8-9-16(19-12-13)20-15-7-5-6-14(18)11-15/h5-9,11-12H,3-4,10H2,1-2H3,(H,19,20). The summed E-state index contributed by atoms with van der Waals surface area (Å²) in [5, 5.41) is 3.21. The Morgan fingerprint density at radius 1 is 1.32 bits per heavy atom. The van der Waals surface area contributed by atoms with Gasteiger partial charge in [0.25, 0.3) is 5.91 Å². The second kappa shape index (κ2) is 7.94. The van der Waals surface area contributed by atoms with Crippen molar-refractivity contribution in [1.29, 1.82) is 0 Å². The van der Waals surface area contributed by atoms with E-state index < -0.39 is 0 Å². The summed E-state index contributed by atoms with van der Waals surface area (Å²) in [6, 6.07) is 11.5. The minimum atomic E-state index is 0.00922. The first kappa shape index (κ1) is 16.5. The topological polar surface area (TPSA) is 45.2 Å². The van der Waals surface area contributed by atoms with Gasteiger partial charge in [-0.05, 0) is 36.8 Å². The van der Waals surface area contributed by atoms with Crippen LogP contribution in [0, 0.1) is 0 Å². The Balaban J connectivity index is 2.02. The lowest BCUT2D eigenvalue weighted by atomic mass is 10.2. The summed E-state index contributed by atoms with van der Waals surface area (Å²) in [6.07, 6.45) is 3.70. The normalized spacial score (nSPS) is 10.3. The summed E-state index contributed by atoms with van der Waals surface area (Å²) in [5.74, 6) is 0.723. The van der Waals surface area contributed by atoms with E-state index >= 15 is 0 Å². The molecule has 0 atom stereocenters. The maximum absolute atomic E-state index is 12.2. The molecule has 116 valence electrons. The number of anilines is 2. The molecule has 0 unspecified atom stereocenters. The van der Waals surface area contributed by atoms with Crippen LogP contribution in [0.5, 0.6) is 0 Å². The molecule has 4 nitrogen and oxygen atoms in total. The molecule has 1 amide bonds. The molecule has 2 rings (SSSR count). The van der Waals surface area contributed by atoms with Crippen LogP contribution in [0.4, 0.5) is 11.5 Å². The molecule has 1 aromatic carbocycles. The lowest BCUT2D eigenvalue weighted by Gasteiger charge is -2.16. The molecule has 0 spiro atoms. The number of aromatic nitrogens is 1. The number of hydrogen-bond donors (Lipinski definition) is 1. The van der Waals surface area contributed by atoms with Crippen LogP contribution in [0.1, 0.15) is 30.1 Å². The molecular weight excluding hydrogens is 342 g/mol. The van der Waals surface area contributed by atoms with Crippen LogP contribution in [0.25, 0.3) is 0 Å². The predicted molar refractivity (Wildman–Crippen MR) is 93.5 cm³/mol. The summed E-state index contributed by atoms with van der Waals surface area (Å²) in [4.78, 5) is 18.3. The Bertz CT molecular complexity index is 628. The lowest BCUT2D eigenvalue weighted by Crippen LogP contribution is -2.27. The van der Waals surface area contributed by atoms with Gasteiger partial charge < -0.3 is 10.2 Å². The first-order valence-corrected chi connectivity index (χ1v) is 8.13. The highest BCUT2D eigenvalue weighted by atomic mass is 79.9. The summed E-state index contributed by atoms with van der Waals surface area (Å²) in [5.41, 5.74) is 1.56. The molecule has 0 saturated heterocycles. The summed E-state index contributed by atoms with van der Waals surface area (Å²) >= 11 is 3.43. The van der Waals surface area contributed by atoms with E-state index in [4.69, 9.17) is 0 Å². The second-order valence-corrected chi connectivity index (χ2v) is 6.06. The van der Waals surface area contributed by atoms with Gasteiger partial charge in [-0.1, -0.05) is 35.3 Å². The van der Waals surface area contributed by atoms with Crippen LogP contribution in [0.15, 0.2) is 47.1 Å². The number of carbonyl (C=O) groups excluding carboxylic acids is 1. The summed E-state index contributed by atoms with van der Waals surface area (Å²) < 4.78 is 1.00. The van der Waals surface area contributed by atoms with Crippen LogP contribution < -0.4 is 5.32 Å². The average Bonchev–Trinajstić information content (AvgIpc) is 2.52. The van der Waals surface area contributed by atoms with Gasteiger partial charge in [-0.2, -0.15) is 0 Å². The van der Waals surface area contributed by atoms with Gasteiger partial charge in [0.1, 0.15) is 5.82 Å². The van der Waals surface area contributed by atoms with Crippen molar-refractivity contribution in [2.45, 2.75) is 19.8 Å². The molecule has 1 N–H and O–H groups in total. The summed E-state index contributed by atoms with van der Waals surface area (Å²) in [6.45, 7) is 2.88. The van der Waals surface area contributed by atoms with Crippen molar-refractivity contribution in [3.63, 3.8) is 0 Å². The number of hydrogen-bond acceptors (Lipinski definition) is 3. The van der Waals surface area contributed by atoms with Crippen molar-refractivity contribution in [2.24, 2.45) is 0 Å². The van der Waals surface area contributed by atoms with Crippen molar-refractivity contribution < 1.29 is 4.79 Å². The van der Waals surface area contributed by atoms with Crippen LogP contribution in [0.2, 0.25) is 0 Å². The number of benzene rings is 1. The Labute approximate surface area is 139 Å². The van der Waals surface area contributed by atoms with Crippen LogP contribution in [-0.2, 0) is 0 Å². The maximum Gasteiger partial charge on any atom is 0.255 e. The van der Waals surface area contributed by atoms with Crippen molar-refractivity contribution >= 4 is 33.3 Å². The molecule has 0 fully saturated rings. The molecule has 22 heavy (non-hydrogen) atoms. The maximum atomic E-state index is 12.2. The van der Waals surface area contributed by atoms with Gasteiger partial charge in [0.15, 0.2) is 0 Å². The third kappa shape index (κ3) is 4.56. The largest absolute Gasteiger partial charge is 0.342 e. The number of nitrogens with one attached hydrogen (secondary N) is 1. The van der Waals surface area contributed by atoms with Gasteiger partial charge in [0, 0.05) is 29.9 Å². The number of nitrogens with zero attached hydrogens (tertiary/aromatic N) is 2. The molecule has 1 aromatic heterocycles. The number of halogens is 1. The molecule has 5 heteroatoms. The van der Waals surface area contributed by atoms with Crippen molar-refractivity contribution in [3.05, 3.63) is 52.6 Å². The molecule has 0 bridgehead atoms. The Hall–Kier alpha value is -1.88. The molecule has 0 aliphatic carbocycles. The van der Waals surface area contributed by atoms with E-state index in [2.05, 4.69) is 33.2 Å². The minimum Gasteiger partial charge on any atom is -0.342 e. The van der Waals surface area contributed by atoms with Gasteiger partial charge in [-0.25, -0.2) is 4.98 Å². The summed E-state index contributed by atoms with van der Waals surface area (Å²) in [7, 11) is 1.83. The molecule has 0 aliphatic rings. The first-order valence-electron chi connectivity index (χ1n) is 7.34. The number of unbranched alkanes of at least 4 members (excludes halogenated alkanes) is 1. The predicted octanol–water partition coefficient (Wildman–Crippen LogP) is 4.46. The highest BCUT2D eigenvalue weighted by Crippen LogP contribution is 2.19. The van der Waals surface area contributed by atoms with Crippen LogP contribution in [-0.4, -0.2) is 29.4 Å². The van der Waals surface area contributed by atoms with Gasteiger partial charge >= 0.3 is 0 Å². The number of carbonyl (C=O) groups is 1. The molecule has 1 heterocycles. The third-order valence-electron chi connectivity index (χ3n) is 3.30. The van der Waals surface area contributed by atoms with Crippen molar-refractivity contribution in [3.8, 4) is 0 Å². The molecule has 2 aromatic rings. The van der Waals surface area contributed by atoms with E-state index in [1.54, 1.807) is 17.2 Å². The van der Waals surface area contributed by atoms with Crippen molar-refractivity contribution in [1.82, 2.24) is 9.88 Å². The fraction of sp³-hybridized carbons (Fsp3) is 0.294. The molecule has 0 aliphatic heterocycles. The zero-order chi connectivity index (χ0) is 15.9. The number of pyridine rings is 1. The van der Waals surface area contributed by atoms with Crippen LogP contribution in [0.3, 0.4) is 0 Å². The zero-order valence-electron chi connectivity index (χ0n) is 12.8. The number of amides is 1. The quantitative estimate of drug-likeness (QED) is 0.825.